The second kappa shape index (κ2) is 9.95. The molecule has 1 aliphatic heterocycles. The molecule has 1 fully saturated rings. The molecule has 132 valence electrons. The lowest BCUT2D eigenvalue weighted by Gasteiger charge is -2.42. The summed E-state index contributed by atoms with van der Waals surface area (Å²) in [7, 11) is -1.08. The quantitative estimate of drug-likeness (QED) is 0.296. The monoisotopic (exact) mass is 445 g/mol. The third-order valence-electron chi connectivity index (χ3n) is 4.12. The topological polar surface area (TPSA) is 61.8 Å². The van der Waals surface area contributed by atoms with Crippen LogP contribution in [0.4, 0.5) is 0 Å². The zero-order valence-corrected chi connectivity index (χ0v) is 17.5. The highest BCUT2D eigenvalue weighted by molar-refractivity contribution is 14.0. The Morgan fingerprint density at radius 2 is 2.09 bits per heavy atom. The van der Waals surface area contributed by atoms with E-state index >= 15 is 0 Å². The van der Waals surface area contributed by atoms with E-state index in [2.05, 4.69) is 29.1 Å². The summed E-state index contributed by atoms with van der Waals surface area (Å²) in [5, 5.41) is 3.30. The van der Waals surface area contributed by atoms with Crippen molar-refractivity contribution in [3.8, 4) is 0 Å². The van der Waals surface area contributed by atoms with Crippen molar-refractivity contribution in [1.82, 2.24) is 10.2 Å². The summed E-state index contributed by atoms with van der Waals surface area (Å²) in [6.07, 6.45) is 6.84. The summed E-state index contributed by atoms with van der Waals surface area (Å²) >= 11 is 0. The van der Waals surface area contributed by atoms with Gasteiger partial charge in [-0.15, -0.1) is 24.0 Å². The second-order valence-electron chi connectivity index (χ2n) is 6.54. The van der Waals surface area contributed by atoms with Crippen LogP contribution in [0.3, 0.4) is 0 Å². The Kier molecular flexibility index (Phi) is 9.93. The molecule has 1 atom stereocenters. The summed E-state index contributed by atoms with van der Waals surface area (Å²) in [6, 6.07) is 0. The van der Waals surface area contributed by atoms with E-state index < -0.39 is 9.84 Å². The molecule has 1 unspecified atom stereocenters. The van der Waals surface area contributed by atoms with Crippen LogP contribution in [0, 0.1) is 5.41 Å². The van der Waals surface area contributed by atoms with Crippen molar-refractivity contribution in [2.75, 3.05) is 38.7 Å². The number of nitrogens with zero attached hydrogens (tertiary/aromatic N) is 2. The number of rotatable bonds is 6. The lowest BCUT2D eigenvalue weighted by atomic mass is 9.78. The maximum absolute atomic E-state index is 11.1. The van der Waals surface area contributed by atoms with Gasteiger partial charge in [0.25, 0.3) is 0 Å². The average Bonchev–Trinajstić information content (AvgIpc) is 2.37. The van der Waals surface area contributed by atoms with E-state index in [1.807, 2.05) is 0 Å². The fourth-order valence-corrected chi connectivity index (χ4v) is 3.84. The van der Waals surface area contributed by atoms with Crippen LogP contribution < -0.4 is 5.32 Å². The zero-order valence-electron chi connectivity index (χ0n) is 14.4. The molecule has 1 aliphatic rings. The number of aliphatic imine (C=N–C) groups is 1. The van der Waals surface area contributed by atoms with E-state index in [1.165, 1.54) is 31.9 Å². The van der Waals surface area contributed by atoms with Gasteiger partial charge < -0.3 is 10.2 Å². The van der Waals surface area contributed by atoms with Crippen LogP contribution in [0.1, 0.15) is 46.0 Å². The number of nitrogens with one attached hydrogen (secondary N) is 1. The van der Waals surface area contributed by atoms with Crippen LogP contribution in [-0.2, 0) is 9.84 Å². The molecule has 0 aromatic carbocycles. The Balaban J connectivity index is 0.00000441. The Morgan fingerprint density at radius 1 is 1.41 bits per heavy atom. The van der Waals surface area contributed by atoms with Crippen molar-refractivity contribution in [2.45, 2.75) is 46.0 Å². The highest BCUT2D eigenvalue weighted by Gasteiger charge is 2.31. The molecule has 1 N–H and O–H groups in total. The van der Waals surface area contributed by atoms with Crippen LogP contribution in [-0.4, -0.2) is 58.0 Å². The first kappa shape index (κ1) is 21.9. The van der Waals surface area contributed by atoms with Gasteiger partial charge in [-0.2, -0.15) is 0 Å². The molecular weight excluding hydrogens is 413 g/mol. The van der Waals surface area contributed by atoms with Gasteiger partial charge in [-0.05, 0) is 31.1 Å². The Hall–Kier alpha value is -0.0500. The number of piperidine rings is 1. The predicted octanol–water partition coefficient (Wildman–Crippen LogP) is 2.52. The fourth-order valence-electron chi connectivity index (χ4n) is 3.17. The lowest BCUT2D eigenvalue weighted by molar-refractivity contribution is 0.142. The molecule has 7 heteroatoms. The highest BCUT2D eigenvalue weighted by atomic mass is 127. The van der Waals surface area contributed by atoms with Crippen LogP contribution in [0.5, 0.6) is 0 Å². The number of halogens is 1. The first-order valence-electron chi connectivity index (χ1n) is 7.93. The standard InChI is InChI=1S/C15H31N3O2S.HI/c1-5-8-15(2)9-6-11-18(13-15)14(16-3)17-10-7-12-21(4,19)20;/h5-13H2,1-4H3,(H,16,17);1H. The molecule has 0 saturated carbocycles. The number of hydrogen-bond acceptors (Lipinski definition) is 3. The van der Waals surface area contributed by atoms with Crippen molar-refractivity contribution in [3.63, 3.8) is 0 Å². The molecule has 0 aromatic rings. The van der Waals surface area contributed by atoms with Gasteiger partial charge in [-0.1, -0.05) is 20.3 Å². The molecule has 0 amide bonds. The third-order valence-corrected chi connectivity index (χ3v) is 5.15. The van der Waals surface area contributed by atoms with Gasteiger partial charge in [0.1, 0.15) is 9.84 Å². The zero-order chi connectivity index (χ0) is 15.9. The highest BCUT2D eigenvalue weighted by Crippen LogP contribution is 2.33. The smallest absolute Gasteiger partial charge is 0.193 e. The number of likely N-dealkylation sites (tertiary alicyclic amines) is 1. The van der Waals surface area contributed by atoms with E-state index in [4.69, 9.17) is 0 Å². The van der Waals surface area contributed by atoms with Gasteiger partial charge >= 0.3 is 0 Å². The van der Waals surface area contributed by atoms with Gasteiger partial charge in [-0.25, -0.2) is 8.42 Å². The Morgan fingerprint density at radius 3 is 2.64 bits per heavy atom. The number of sulfone groups is 1. The van der Waals surface area contributed by atoms with Crippen molar-refractivity contribution in [2.24, 2.45) is 10.4 Å². The molecule has 1 heterocycles. The predicted molar refractivity (Wildman–Crippen MR) is 105 cm³/mol. The molecule has 1 rings (SSSR count). The minimum Gasteiger partial charge on any atom is -0.356 e. The van der Waals surface area contributed by atoms with E-state index in [0.29, 0.717) is 18.4 Å². The SMILES string of the molecule is CCCC1(C)CCCN(C(=NC)NCCCS(C)(=O)=O)C1.I. The summed E-state index contributed by atoms with van der Waals surface area (Å²) < 4.78 is 22.3. The molecule has 0 aromatic heterocycles. The van der Waals surface area contributed by atoms with Crippen molar-refractivity contribution in [1.29, 1.82) is 0 Å². The van der Waals surface area contributed by atoms with Crippen molar-refractivity contribution >= 4 is 39.8 Å². The first-order valence-corrected chi connectivity index (χ1v) is 9.99. The third kappa shape index (κ3) is 7.99. The molecular formula is C15H32IN3O2S. The molecule has 5 nitrogen and oxygen atoms in total. The largest absolute Gasteiger partial charge is 0.356 e. The minimum atomic E-state index is -2.87. The molecule has 0 radical (unpaired) electrons. The number of hydrogen-bond donors (Lipinski definition) is 1. The maximum Gasteiger partial charge on any atom is 0.193 e. The lowest BCUT2D eigenvalue weighted by Crippen LogP contribution is -2.50. The van der Waals surface area contributed by atoms with Crippen LogP contribution in [0.25, 0.3) is 0 Å². The van der Waals surface area contributed by atoms with E-state index in [9.17, 15) is 8.42 Å². The van der Waals surface area contributed by atoms with Gasteiger partial charge in [0.05, 0.1) is 5.75 Å². The Bertz CT molecular complexity index is 450. The first-order chi connectivity index (χ1) is 9.79. The number of guanidine groups is 1. The van der Waals surface area contributed by atoms with Crippen LogP contribution in [0.2, 0.25) is 0 Å². The van der Waals surface area contributed by atoms with E-state index in [-0.39, 0.29) is 29.7 Å². The maximum atomic E-state index is 11.1. The van der Waals surface area contributed by atoms with Gasteiger partial charge in [0.2, 0.25) is 0 Å². The summed E-state index contributed by atoms with van der Waals surface area (Å²) in [5.74, 6) is 1.13. The second-order valence-corrected chi connectivity index (χ2v) is 8.80. The molecule has 0 bridgehead atoms. The van der Waals surface area contributed by atoms with E-state index in [1.54, 1.807) is 7.05 Å². The van der Waals surface area contributed by atoms with Gasteiger partial charge in [0, 0.05) is 32.9 Å². The summed E-state index contributed by atoms with van der Waals surface area (Å²) in [6.45, 7) is 7.32. The van der Waals surface area contributed by atoms with E-state index in [0.717, 1.165) is 19.0 Å². The summed E-state index contributed by atoms with van der Waals surface area (Å²) in [5.41, 5.74) is 0.372. The molecule has 1 saturated heterocycles. The van der Waals surface area contributed by atoms with Crippen molar-refractivity contribution in [3.05, 3.63) is 0 Å². The van der Waals surface area contributed by atoms with Gasteiger partial charge in [0.15, 0.2) is 5.96 Å². The normalized spacial score (nSPS) is 23.1. The van der Waals surface area contributed by atoms with Crippen LogP contribution in [0.15, 0.2) is 4.99 Å². The molecule has 0 aliphatic carbocycles. The molecule has 0 spiro atoms. The van der Waals surface area contributed by atoms with Crippen LogP contribution >= 0.6 is 24.0 Å². The Labute approximate surface area is 153 Å². The summed E-state index contributed by atoms with van der Waals surface area (Å²) in [4.78, 5) is 6.67. The minimum absolute atomic E-state index is 0. The fraction of sp³-hybridized carbons (Fsp3) is 0.933. The van der Waals surface area contributed by atoms with Crippen molar-refractivity contribution < 1.29 is 8.42 Å². The molecule has 22 heavy (non-hydrogen) atoms. The van der Waals surface area contributed by atoms with Gasteiger partial charge in [-0.3, -0.25) is 4.99 Å². The average molecular weight is 445 g/mol.